The quantitative estimate of drug-likeness (QED) is 0.593. The van der Waals surface area contributed by atoms with Crippen molar-refractivity contribution in [3.63, 3.8) is 0 Å². The van der Waals surface area contributed by atoms with Gasteiger partial charge in [-0.3, -0.25) is 14.4 Å². The van der Waals surface area contributed by atoms with Crippen LogP contribution < -0.4 is 26.4 Å². The van der Waals surface area contributed by atoms with Crippen LogP contribution >= 0.6 is 0 Å². The fraction of sp³-hybridized carbons (Fsp3) is 0.292. The van der Waals surface area contributed by atoms with Crippen molar-refractivity contribution in [2.75, 3.05) is 23.3 Å². The molecule has 0 aromatic heterocycles. The maximum absolute atomic E-state index is 12.3. The van der Waals surface area contributed by atoms with Gasteiger partial charge in [0.15, 0.2) is 0 Å². The molecule has 3 aromatic carbocycles. The van der Waals surface area contributed by atoms with Gasteiger partial charge in [0, 0.05) is 31.7 Å². The summed E-state index contributed by atoms with van der Waals surface area (Å²) in [4.78, 5) is 38.4. The minimum Gasteiger partial charge on any atom is -0.376 e. The van der Waals surface area contributed by atoms with Gasteiger partial charge in [0.25, 0.3) is 16.8 Å². The predicted octanol–water partition coefficient (Wildman–Crippen LogP) is 2.82. The Kier molecular flexibility index (Phi) is 5.93. The van der Waals surface area contributed by atoms with Crippen molar-refractivity contribution in [2.24, 2.45) is 0 Å². The Labute approximate surface area is 175 Å². The Balaban J connectivity index is 1.34. The van der Waals surface area contributed by atoms with Crippen LogP contribution in [0.2, 0.25) is 0 Å². The predicted molar refractivity (Wildman–Crippen MR) is 119 cm³/mol. The van der Waals surface area contributed by atoms with Crippen LogP contribution in [0, 0.1) is 0 Å². The SMILES string of the molecule is O=C(NCc1ccccc1)c1ccc(CNc2c(N3CCCCC3)c(=O)c2=O)cc1. The highest BCUT2D eigenvalue weighted by atomic mass is 16.2. The zero-order chi connectivity index (χ0) is 20.9. The molecule has 0 saturated carbocycles. The lowest BCUT2D eigenvalue weighted by molar-refractivity contribution is 0.0951. The highest BCUT2D eigenvalue weighted by Gasteiger charge is 2.26. The van der Waals surface area contributed by atoms with E-state index in [4.69, 9.17) is 0 Å². The minimum atomic E-state index is -0.438. The highest BCUT2D eigenvalue weighted by molar-refractivity contribution is 5.94. The Hall–Kier alpha value is -3.41. The Morgan fingerprint density at radius 3 is 2.17 bits per heavy atom. The van der Waals surface area contributed by atoms with Crippen molar-refractivity contribution in [3.05, 3.63) is 91.7 Å². The monoisotopic (exact) mass is 403 g/mol. The summed E-state index contributed by atoms with van der Waals surface area (Å²) in [6, 6.07) is 17.0. The van der Waals surface area contributed by atoms with E-state index >= 15 is 0 Å². The average molecular weight is 403 g/mol. The molecule has 0 spiro atoms. The summed E-state index contributed by atoms with van der Waals surface area (Å²) in [5, 5.41) is 6.03. The number of amides is 1. The first-order valence-corrected chi connectivity index (χ1v) is 10.4. The zero-order valence-electron chi connectivity index (χ0n) is 16.8. The summed E-state index contributed by atoms with van der Waals surface area (Å²) in [5.74, 6) is -0.131. The molecule has 154 valence electrons. The van der Waals surface area contributed by atoms with Gasteiger partial charge in [-0.2, -0.15) is 0 Å². The van der Waals surface area contributed by atoms with E-state index in [1.165, 1.54) is 6.42 Å². The highest BCUT2D eigenvalue weighted by Crippen LogP contribution is 2.24. The number of hydrogen-bond acceptors (Lipinski definition) is 5. The summed E-state index contributed by atoms with van der Waals surface area (Å²) in [6.45, 7) is 2.56. The van der Waals surface area contributed by atoms with Gasteiger partial charge >= 0.3 is 0 Å². The molecule has 6 nitrogen and oxygen atoms in total. The van der Waals surface area contributed by atoms with Crippen molar-refractivity contribution in [1.82, 2.24) is 5.32 Å². The third-order valence-electron chi connectivity index (χ3n) is 5.54. The van der Waals surface area contributed by atoms with Crippen LogP contribution in [0.5, 0.6) is 0 Å². The maximum atomic E-state index is 12.3. The molecule has 3 aromatic rings. The van der Waals surface area contributed by atoms with Crippen LogP contribution in [0.4, 0.5) is 11.4 Å². The molecule has 1 saturated heterocycles. The third kappa shape index (κ3) is 4.27. The molecule has 1 aliphatic heterocycles. The second-order valence-electron chi connectivity index (χ2n) is 7.65. The molecule has 0 aliphatic carbocycles. The zero-order valence-corrected chi connectivity index (χ0v) is 16.8. The lowest BCUT2D eigenvalue weighted by Gasteiger charge is -2.30. The average Bonchev–Trinajstić information content (AvgIpc) is 2.81. The van der Waals surface area contributed by atoms with Crippen LogP contribution in [0.3, 0.4) is 0 Å². The normalized spacial score (nSPS) is 13.9. The van der Waals surface area contributed by atoms with Gasteiger partial charge in [0.1, 0.15) is 11.4 Å². The number of hydrogen-bond donors (Lipinski definition) is 2. The van der Waals surface area contributed by atoms with Gasteiger partial charge in [0.2, 0.25) is 0 Å². The summed E-state index contributed by atoms with van der Waals surface area (Å²) in [5.41, 5.74) is 2.70. The van der Waals surface area contributed by atoms with E-state index in [-0.39, 0.29) is 11.3 Å². The van der Waals surface area contributed by atoms with E-state index < -0.39 is 5.43 Å². The molecule has 1 fully saturated rings. The molecule has 0 bridgehead atoms. The standard InChI is InChI=1S/C24H25N3O3/c28-22-20(21(23(22)29)27-13-5-2-6-14-27)25-15-18-9-11-19(12-10-18)24(30)26-16-17-7-3-1-4-8-17/h1,3-4,7-12,25H,2,5-6,13-16H2,(H,26,30). The molecule has 1 heterocycles. The molecule has 0 unspecified atom stereocenters. The third-order valence-corrected chi connectivity index (χ3v) is 5.54. The number of benzene rings is 2. The number of piperidine rings is 1. The Morgan fingerprint density at radius 2 is 1.47 bits per heavy atom. The van der Waals surface area contributed by atoms with E-state index in [0.717, 1.165) is 37.1 Å². The van der Waals surface area contributed by atoms with Gasteiger partial charge in [-0.05, 0) is 42.5 Å². The van der Waals surface area contributed by atoms with Crippen LogP contribution in [0.1, 0.15) is 40.7 Å². The van der Waals surface area contributed by atoms with Crippen LogP contribution in [0.15, 0.2) is 64.2 Å². The van der Waals surface area contributed by atoms with Gasteiger partial charge in [-0.25, -0.2) is 0 Å². The molecule has 4 rings (SSSR count). The summed E-state index contributed by atoms with van der Waals surface area (Å²) >= 11 is 0. The molecular weight excluding hydrogens is 378 g/mol. The maximum Gasteiger partial charge on any atom is 0.253 e. The van der Waals surface area contributed by atoms with Crippen molar-refractivity contribution < 1.29 is 4.79 Å². The van der Waals surface area contributed by atoms with Crippen LogP contribution in [-0.4, -0.2) is 19.0 Å². The summed E-state index contributed by atoms with van der Waals surface area (Å²) in [6.07, 6.45) is 3.26. The minimum absolute atomic E-state index is 0.131. The van der Waals surface area contributed by atoms with Crippen molar-refractivity contribution >= 4 is 17.3 Å². The van der Waals surface area contributed by atoms with Gasteiger partial charge in [-0.15, -0.1) is 0 Å². The number of carbonyl (C=O) groups is 1. The van der Waals surface area contributed by atoms with E-state index in [1.54, 1.807) is 12.1 Å². The smallest absolute Gasteiger partial charge is 0.253 e. The van der Waals surface area contributed by atoms with Crippen LogP contribution in [-0.2, 0) is 13.1 Å². The summed E-state index contributed by atoms with van der Waals surface area (Å²) < 4.78 is 0. The van der Waals surface area contributed by atoms with E-state index in [2.05, 4.69) is 10.6 Å². The number of nitrogens with zero attached hydrogens (tertiary/aromatic N) is 1. The van der Waals surface area contributed by atoms with E-state index in [1.807, 2.05) is 47.4 Å². The number of rotatable bonds is 7. The number of nitrogens with one attached hydrogen (secondary N) is 2. The van der Waals surface area contributed by atoms with Gasteiger partial charge in [0.05, 0.1) is 0 Å². The molecule has 30 heavy (non-hydrogen) atoms. The first-order chi connectivity index (χ1) is 14.6. The van der Waals surface area contributed by atoms with Crippen molar-refractivity contribution in [1.29, 1.82) is 0 Å². The van der Waals surface area contributed by atoms with Crippen molar-refractivity contribution in [2.45, 2.75) is 32.4 Å². The Bertz CT molecular complexity index is 1080. The van der Waals surface area contributed by atoms with E-state index in [9.17, 15) is 14.4 Å². The number of carbonyl (C=O) groups excluding carboxylic acids is 1. The van der Waals surface area contributed by atoms with Gasteiger partial charge < -0.3 is 15.5 Å². The lowest BCUT2D eigenvalue weighted by atomic mass is 10.1. The fourth-order valence-corrected chi connectivity index (χ4v) is 3.81. The van der Waals surface area contributed by atoms with Crippen molar-refractivity contribution in [3.8, 4) is 0 Å². The molecule has 0 radical (unpaired) electrons. The summed E-state index contributed by atoms with van der Waals surface area (Å²) in [7, 11) is 0. The first kappa shape index (κ1) is 19.9. The molecule has 2 N–H and O–H groups in total. The first-order valence-electron chi connectivity index (χ1n) is 10.4. The van der Waals surface area contributed by atoms with Crippen LogP contribution in [0.25, 0.3) is 0 Å². The van der Waals surface area contributed by atoms with E-state index in [0.29, 0.717) is 30.0 Å². The Morgan fingerprint density at radius 1 is 0.800 bits per heavy atom. The lowest BCUT2D eigenvalue weighted by Crippen LogP contribution is -2.44. The second-order valence-corrected chi connectivity index (χ2v) is 7.65. The van der Waals surface area contributed by atoms with Gasteiger partial charge in [-0.1, -0.05) is 42.5 Å². The molecule has 0 atom stereocenters. The fourth-order valence-electron chi connectivity index (χ4n) is 3.81. The second kappa shape index (κ2) is 8.95. The molecular formula is C24H25N3O3. The molecule has 6 heteroatoms. The molecule has 1 aliphatic rings. The number of anilines is 2. The largest absolute Gasteiger partial charge is 0.376 e. The topological polar surface area (TPSA) is 78.5 Å². The molecule has 1 amide bonds.